The fourth-order valence-corrected chi connectivity index (χ4v) is 1.35. The van der Waals surface area contributed by atoms with Crippen LogP contribution in [0.2, 0.25) is 0 Å². The van der Waals surface area contributed by atoms with E-state index in [2.05, 4.69) is 0 Å². The quantitative estimate of drug-likeness (QED) is 0.673. The van der Waals surface area contributed by atoms with Gasteiger partial charge < -0.3 is 4.74 Å². The summed E-state index contributed by atoms with van der Waals surface area (Å²) in [5.74, 6) is -1.58. The Labute approximate surface area is 73.4 Å². The van der Waals surface area contributed by atoms with E-state index in [-0.39, 0.29) is 17.8 Å². The first-order valence-corrected chi connectivity index (χ1v) is 3.84. The first-order chi connectivity index (χ1) is 5.96. The van der Waals surface area contributed by atoms with Gasteiger partial charge in [-0.2, -0.15) is 13.2 Å². The number of ketones is 1. The van der Waals surface area contributed by atoms with Crippen LogP contribution >= 0.6 is 0 Å². The zero-order chi connectivity index (χ0) is 10.1. The molecule has 0 fully saturated rings. The number of rotatable bonds is 2. The van der Waals surface area contributed by atoms with Crippen LogP contribution in [-0.4, -0.2) is 19.1 Å². The number of alkyl halides is 3. The SMILES string of the molecule is COC1=C(C(=O)C(F)(F)F)CCC1. The summed E-state index contributed by atoms with van der Waals surface area (Å²) >= 11 is 0. The molecule has 1 rings (SSSR count). The van der Waals surface area contributed by atoms with E-state index in [1.807, 2.05) is 0 Å². The number of halogens is 3. The normalized spacial score (nSPS) is 17.8. The number of hydrogen-bond donors (Lipinski definition) is 0. The lowest BCUT2D eigenvalue weighted by molar-refractivity contribution is -0.166. The fraction of sp³-hybridized carbons (Fsp3) is 0.625. The lowest BCUT2D eigenvalue weighted by atomic mass is 10.1. The van der Waals surface area contributed by atoms with Gasteiger partial charge in [0.25, 0.3) is 5.78 Å². The fourth-order valence-electron chi connectivity index (χ4n) is 1.35. The van der Waals surface area contributed by atoms with E-state index < -0.39 is 12.0 Å². The molecule has 0 saturated carbocycles. The Morgan fingerprint density at radius 1 is 1.38 bits per heavy atom. The third-order valence-corrected chi connectivity index (χ3v) is 1.95. The van der Waals surface area contributed by atoms with Gasteiger partial charge in [-0.15, -0.1) is 0 Å². The molecule has 0 spiro atoms. The maximum atomic E-state index is 12.0. The summed E-state index contributed by atoms with van der Waals surface area (Å²) in [6, 6.07) is 0. The third kappa shape index (κ3) is 2.02. The van der Waals surface area contributed by atoms with Crippen LogP contribution in [0.3, 0.4) is 0 Å². The molecule has 74 valence electrons. The minimum Gasteiger partial charge on any atom is -0.501 e. The van der Waals surface area contributed by atoms with Crippen molar-refractivity contribution in [3.8, 4) is 0 Å². The average Bonchev–Trinajstić information content (AvgIpc) is 2.48. The molecule has 0 aromatic rings. The van der Waals surface area contributed by atoms with Crippen LogP contribution in [-0.2, 0) is 9.53 Å². The van der Waals surface area contributed by atoms with Crippen LogP contribution in [0.25, 0.3) is 0 Å². The molecule has 2 nitrogen and oxygen atoms in total. The summed E-state index contributed by atoms with van der Waals surface area (Å²) in [4.78, 5) is 10.8. The van der Waals surface area contributed by atoms with Gasteiger partial charge in [-0.25, -0.2) is 0 Å². The molecule has 0 N–H and O–H groups in total. The summed E-state index contributed by atoms with van der Waals surface area (Å²) in [5, 5.41) is 0. The number of Topliss-reactive ketones (excluding diaryl/α,β-unsaturated/α-hetero) is 1. The second kappa shape index (κ2) is 3.40. The van der Waals surface area contributed by atoms with E-state index in [0.717, 1.165) is 0 Å². The first kappa shape index (κ1) is 10.1. The van der Waals surface area contributed by atoms with Gasteiger partial charge in [0.15, 0.2) is 0 Å². The Morgan fingerprint density at radius 3 is 2.46 bits per heavy atom. The molecule has 13 heavy (non-hydrogen) atoms. The molecule has 1 aliphatic rings. The van der Waals surface area contributed by atoms with E-state index in [0.29, 0.717) is 12.8 Å². The number of allylic oxidation sites excluding steroid dienone is 2. The van der Waals surface area contributed by atoms with E-state index in [1.165, 1.54) is 7.11 Å². The zero-order valence-electron chi connectivity index (χ0n) is 7.07. The third-order valence-electron chi connectivity index (χ3n) is 1.95. The van der Waals surface area contributed by atoms with Gasteiger partial charge in [-0.3, -0.25) is 4.79 Å². The largest absolute Gasteiger partial charge is 0.501 e. The van der Waals surface area contributed by atoms with Gasteiger partial charge in [0, 0.05) is 12.0 Å². The molecule has 0 saturated heterocycles. The number of carbonyl (C=O) groups is 1. The van der Waals surface area contributed by atoms with Crippen molar-refractivity contribution in [1.29, 1.82) is 0 Å². The maximum absolute atomic E-state index is 12.0. The topological polar surface area (TPSA) is 26.3 Å². The van der Waals surface area contributed by atoms with Gasteiger partial charge >= 0.3 is 6.18 Å². The molecule has 0 atom stereocenters. The van der Waals surface area contributed by atoms with Crippen LogP contribution in [0.5, 0.6) is 0 Å². The predicted molar refractivity (Wildman–Crippen MR) is 38.9 cm³/mol. The summed E-state index contributed by atoms with van der Waals surface area (Å²) < 4.78 is 40.6. The summed E-state index contributed by atoms with van der Waals surface area (Å²) in [5.41, 5.74) is -0.213. The minimum absolute atomic E-state index is 0.168. The monoisotopic (exact) mass is 194 g/mol. The predicted octanol–water partition coefficient (Wildman–Crippen LogP) is 2.20. The van der Waals surface area contributed by atoms with Crippen LogP contribution < -0.4 is 0 Å². The molecule has 0 aliphatic heterocycles. The second-order valence-electron chi connectivity index (χ2n) is 2.79. The highest BCUT2D eigenvalue weighted by Gasteiger charge is 2.42. The molecule has 1 aliphatic carbocycles. The molecule has 0 aromatic carbocycles. The van der Waals surface area contributed by atoms with Crippen LogP contribution in [0, 0.1) is 0 Å². The van der Waals surface area contributed by atoms with E-state index in [9.17, 15) is 18.0 Å². The van der Waals surface area contributed by atoms with Crippen molar-refractivity contribution in [3.63, 3.8) is 0 Å². The van der Waals surface area contributed by atoms with Crippen molar-refractivity contribution < 1.29 is 22.7 Å². The van der Waals surface area contributed by atoms with E-state index in [1.54, 1.807) is 0 Å². The Bertz CT molecular complexity index is 253. The highest BCUT2D eigenvalue weighted by Crippen LogP contribution is 2.32. The lowest BCUT2D eigenvalue weighted by Crippen LogP contribution is -2.24. The van der Waals surface area contributed by atoms with Crippen molar-refractivity contribution in [1.82, 2.24) is 0 Å². The average molecular weight is 194 g/mol. The Hall–Kier alpha value is -1.00. The van der Waals surface area contributed by atoms with Gasteiger partial charge in [0.1, 0.15) is 5.76 Å². The van der Waals surface area contributed by atoms with Gasteiger partial charge in [-0.05, 0) is 12.8 Å². The molecule has 0 bridgehead atoms. The van der Waals surface area contributed by atoms with Crippen LogP contribution in [0.1, 0.15) is 19.3 Å². The molecule has 0 heterocycles. The number of carbonyl (C=O) groups excluding carboxylic acids is 1. The van der Waals surface area contributed by atoms with Crippen LogP contribution in [0.4, 0.5) is 13.2 Å². The smallest absolute Gasteiger partial charge is 0.454 e. The highest BCUT2D eigenvalue weighted by atomic mass is 19.4. The second-order valence-corrected chi connectivity index (χ2v) is 2.79. The number of ether oxygens (including phenoxy) is 1. The first-order valence-electron chi connectivity index (χ1n) is 3.84. The van der Waals surface area contributed by atoms with Crippen LogP contribution in [0.15, 0.2) is 11.3 Å². The maximum Gasteiger partial charge on any atom is 0.454 e. The Balaban J connectivity index is 2.88. The molecule has 0 aromatic heterocycles. The van der Waals surface area contributed by atoms with Crippen molar-refractivity contribution in [2.75, 3.05) is 7.11 Å². The van der Waals surface area contributed by atoms with Gasteiger partial charge in [-0.1, -0.05) is 0 Å². The van der Waals surface area contributed by atoms with E-state index in [4.69, 9.17) is 4.74 Å². The standard InChI is InChI=1S/C8H9F3O2/c1-13-6-4-2-3-5(6)7(12)8(9,10)11/h2-4H2,1H3. The minimum atomic E-state index is -4.77. The van der Waals surface area contributed by atoms with Gasteiger partial charge in [0.2, 0.25) is 0 Å². The van der Waals surface area contributed by atoms with E-state index >= 15 is 0 Å². The Morgan fingerprint density at radius 2 is 2.00 bits per heavy atom. The number of methoxy groups -OCH3 is 1. The Kier molecular flexibility index (Phi) is 2.63. The molecular weight excluding hydrogens is 185 g/mol. The summed E-state index contributed by atoms with van der Waals surface area (Å²) in [6.07, 6.45) is -3.63. The van der Waals surface area contributed by atoms with Gasteiger partial charge in [0.05, 0.1) is 7.11 Å². The molecule has 0 unspecified atom stereocenters. The van der Waals surface area contributed by atoms with Crippen molar-refractivity contribution in [3.05, 3.63) is 11.3 Å². The molecular formula is C8H9F3O2. The summed E-state index contributed by atoms with van der Waals surface area (Å²) in [6.45, 7) is 0. The molecule has 0 radical (unpaired) electrons. The van der Waals surface area contributed by atoms with Crippen molar-refractivity contribution in [2.45, 2.75) is 25.4 Å². The zero-order valence-corrected chi connectivity index (χ0v) is 7.07. The molecule has 5 heteroatoms. The van der Waals surface area contributed by atoms with Crippen molar-refractivity contribution in [2.24, 2.45) is 0 Å². The van der Waals surface area contributed by atoms with Crippen molar-refractivity contribution >= 4 is 5.78 Å². The molecule has 0 amide bonds. The summed E-state index contributed by atoms with van der Waals surface area (Å²) in [7, 11) is 1.28. The number of hydrogen-bond acceptors (Lipinski definition) is 2. The highest BCUT2D eigenvalue weighted by molar-refractivity contribution is 6.00. The lowest BCUT2D eigenvalue weighted by Gasteiger charge is -2.07.